The van der Waals surface area contributed by atoms with Crippen LogP contribution in [0.3, 0.4) is 0 Å². The molecule has 2 rings (SSSR count). The minimum Gasteiger partial charge on any atom is -0.481 e. The molecule has 1 aromatic heterocycles. The third kappa shape index (κ3) is 3.72. The Balaban J connectivity index is 2.05. The lowest BCUT2D eigenvalue weighted by atomic mass is 9.79. The predicted molar refractivity (Wildman–Crippen MR) is 73.1 cm³/mol. The number of carbonyl (C=O) groups is 1. The lowest BCUT2D eigenvalue weighted by Crippen LogP contribution is -2.25. The molecule has 1 N–H and O–H groups in total. The summed E-state index contributed by atoms with van der Waals surface area (Å²) in [6, 6.07) is 0. The van der Waals surface area contributed by atoms with Crippen LogP contribution in [0.4, 0.5) is 0 Å². The van der Waals surface area contributed by atoms with Crippen molar-refractivity contribution in [1.29, 1.82) is 0 Å². The number of aromatic nitrogens is 2. The molecule has 6 heteroatoms. The number of rotatable bonds is 5. The molecule has 19 heavy (non-hydrogen) atoms. The molecule has 0 aliphatic heterocycles. The van der Waals surface area contributed by atoms with Gasteiger partial charge in [-0.1, -0.05) is 31.8 Å². The van der Waals surface area contributed by atoms with Crippen LogP contribution in [0.1, 0.15) is 57.2 Å². The molecule has 0 amide bonds. The zero-order valence-corrected chi connectivity index (χ0v) is 12.2. The lowest BCUT2D eigenvalue weighted by Gasteiger charge is -2.25. The van der Waals surface area contributed by atoms with Gasteiger partial charge in [-0.15, -0.1) is 0 Å². The van der Waals surface area contributed by atoms with Gasteiger partial charge in [0.15, 0.2) is 5.82 Å². The average molecular weight is 284 g/mol. The van der Waals surface area contributed by atoms with Crippen molar-refractivity contribution < 1.29 is 14.4 Å². The monoisotopic (exact) mass is 284 g/mol. The number of carboxylic acid groups (broad SMARTS) is 1. The fraction of sp³-hybridized carbons (Fsp3) is 0.769. The molecule has 2 atom stereocenters. The number of aliphatic carboxylic acids is 1. The Kier molecular flexibility index (Phi) is 4.85. The van der Waals surface area contributed by atoms with Crippen molar-refractivity contribution in [3.05, 3.63) is 11.7 Å². The lowest BCUT2D eigenvalue weighted by molar-refractivity contribution is -0.143. The van der Waals surface area contributed by atoms with Gasteiger partial charge in [-0.25, -0.2) is 0 Å². The van der Waals surface area contributed by atoms with E-state index in [-0.39, 0.29) is 11.8 Å². The molecule has 1 aliphatic carbocycles. The molecule has 1 aromatic rings. The summed E-state index contributed by atoms with van der Waals surface area (Å²) in [4.78, 5) is 15.6. The van der Waals surface area contributed by atoms with Crippen LogP contribution in [-0.2, 0) is 10.5 Å². The molecule has 0 radical (unpaired) electrons. The zero-order valence-electron chi connectivity index (χ0n) is 11.3. The van der Waals surface area contributed by atoms with Crippen molar-refractivity contribution in [2.45, 2.75) is 56.5 Å². The Morgan fingerprint density at radius 1 is 1.47 bits per heavy atom. The molecule has 0 spiro atoms. The quantitative estimate of drug-likeness (QED) is 0.895. The van der Waals surface area contributed by atoms with Crippen molar-refractivity contribution in [3.8, 4) is 0 Å². The topological polar surface area (TPSA) is 76.2 Å². The first-order chi connectivity index (χ1) is 9.08. The van der Waals surface area contributed by atoms with Crippen LogP contribution >= 0.6 is 11.8 Å². The van der Waals surface area contributed by atoms with Crippen LogP contribution in [0.15, 0.2) is 4.52 Å². The van der Waals surface area contributed by atoms with Crippen LogP contribution in [0.25, 0.3) is 0 Å². The Labute approximate surface area is 117 Å². The van der Waals surface area contributed by atoms with Crippen molar-refractivity contribution in [1.82, 2.24) is 10.1 Å². The van der Waals surface area contributed by atoms with Crippen LogP contribution in [0.2, 0.25) is 0 Å². The van der Waals surface area contributed by atoms with E-state index >= 15 is 0 Å². The second kappa shape index (κ2) is 6.41. The number of thioether (sulfide) groups is 1. The molecule has 5 nitrogen and oxygen atoms in total. The highest BCUT2D eigenvalue weighted by Crippen LogP contribution is 2.37. The molecular weight excluding hydrogens is 264 g/mol. The molecule has 2 unspecified atom stereocenters. The van der Waals surface area contributed by atoms with Gasteiger partial charge >= 0.3 is 5.97 Å². The molecule has 1 saturated carbocycles. The Hall–Kier alpha value is -1.04. The van der Waals surface area contributed by atoms with Crippen molar-refractivity contribution in [3.63, 3.8) is 0 Å². The fourth-order valence-corrected chi connectivity index (χ4v) is 3.04. The number of nitrogens with zero attached hydrogens (tertiary/aromatic N) is 2. The van der Waals surface area contributed by atoms with E-state index in [0.717, 1.165) is 19.3 Å². The van der Waals surface area contributed by atoms with E-state index in [1.807, 2.05) is 0 Å². The van der Waals surface area contributed by atoms with Crippen molar-refractivity contribution >= 4 is 17.7 Å². The third-order valence-electron chi connectivity index (χ3n) is 3.43. The molecule has 106 valence electrons. The van der Waals surface area contributed by atoms with Crippen LogP contribution < -0.4 is 0 Å². The highest BCUT2D eigenvalue weighted by atomic mass is 32.2. The first-order valence-corrected chi connectivity index (χ1v) is 7.79. The van der Waals surface area contributed by atoms with E-state index in [2.05, 4.69) is 24.0 Å². The van der Waals surface area contributed by atoms with Crippen LogP contribution in [0.5, 0.6) is 0 Å². The third-order valence-corrected chi connectivity index (χ3v) is 4.52. The predicted octanol–water partition coefficient (Wildman–Crippen LogP) is 3.07. The van der Waals surface area contributed by atoms with E-state index < -0.39 is 5.97 Å². The van der Waals surface area contributed by atoms with Gasteiger partial charge in [0.05, 0.1) is 17.6 Å². The summed E-state index contributed by atoms with van der Waals surface area (Å²) in [5.41, 5.74) is 0. The largest absolute Gasteiger partial charge is 0.481 e. The summed E-state index contributed by atoms with van der Waals surface area (Å²) < 4.78 is 5.28. The molecule has 1 heterocycles. The summed E-state index contributed by atoms with van der Waals surface area (Å²) in [5.74, 6) is 0.651. The van der Waals surface area contributed by atoms with E-state index in [1.54, 1.807) is 11.8 Å². The van der Waals surface area contributed by atoms with E-state index in [0.29, 0.717) is 29.1 Å². The van der Waals surface area contributed by atoms with Gasteiger partial charge in [-0.2, -0.15) is 16.7 Å². The summed E-state index contributed by atoms with van der Waals surface area (Å²) >= 11 is 1.75. The zero-order chi connectivity index (χ0) is 13.8. The minimum atomic E-state index is -0.749. The second-order valence-corrected chi connectivity index (χ2v) is 6.81. The molecule has 0 aromatic carbocycles. The Bertz CT molecular complexity index is 433. The van der Waals surface area contributed by atoms with Gasteiger partial charge in [0.1, 0.15) is 0 Å². The number of hydrogen-bond acceptors (Lipinski definition) is 5. The van der Waals surface area contributed by atoms with E-state index in [9.17, 15) is 9.90 Å². The Morgan fingerprint density at radius 2 is 2.21 bits per heavy atom. The maximum absolute atomic E-state index is 11.3. The molecule has 0 bridgehead atoms. The highest BCUT2D eigenvalue weighted by Gasteiger charge is 2.35. The fourth-order valence-electron chi connectivity index (χ4n) is 2.44. The van der Waals surface area contributed by atoms with Crippen LogP contribution in [-0.4, -0.2) is 26.5 Å². The smallest absolute Gasteiger partial charge is 0.307 e. The second-order valence-electron chi connectivity index (χ2n) is 5.24. The summed E-state index contributed by atoms with van der Waals surface area (Å²) in [6.07, 6.45) is 3.54. The van der Waals surface area contributed by atoms with Gasteiger partial charge in [-0.3, -0.25) is 4.79 Å². The van der Waals surface area contributed by atoms with Gasteiger partial charge < -0.3 is 9.63 Å². The van der Waals surface area contributed by atoms with Gasteiger partial charge in [0, 0.05) is 0 Å². The summed E-state index contributed by atoms with van der Waals surface area (Å²) in [7, 11) is 0. The Morgan fingerprint density at radius 3 is 2.89 bits per heavy atom. The van der Waals surface area contributed by atoms with E-state index in [4.69, 9.17) is 4.52 Å². The van der Waals surface area contributed by atoms with Gasteiger partial charge in [0.25, 0.3) is 0 Å². The van der Waals surface area contributed by atoms with Crippen LogP contribution in [0, 0.1) is 5.92 Å². The molecular formula is C13H20N2O3S. The maximum atomic E-state index is 11.3. The molecule has 1 fully saturated rings. The van der Waals surface area contributed by atoms with Gasteiger partial charge in [-0.05, 0) is 18.1 Å². The normalized spacial score (nSPS) is 23.7. The van der Waals surface area contributed by atoms with E-state index in [1.165, 1.54) is 0 Å². The highest BCUT2D eigenvalue weighted by molar-refractivity contribution is 7.99. The minimum absolute atomic E-state index is 0.114. The van der Waals surface area contributed by atoms with Crippen molar-refractivity contribution in [2.75, 3.05) is 0 Å². The SMILES string of the molecule is CC(C)SCc1noc(C2CCCCC2C(=O)O)n1. The van der Waals surface area contributed by atoms with Crippen molar-refractivity contribution in [2.24, 2.45) is 5.92 Å². The first kappa shape index (κ1) is 14.4. The maximum Gasteiger partial charge on any atom is 0.307 e. The standard InChI is InChI=1S/C13H20N2O3S/c1-8(2)19-7-11-14-12(18-15-11)9-5-3-4-6-10(9)13(16)17/h8-10H,3-7H2,1-2H3,(H,16,17). The molecule has 1 aliphatic rings. The van der Waals surface area contributed by atoms with Gasteiger partial charge in [0.2, 0.25) is 5.89 Å². The number of carboxylic acids is 1. The number of hydrogen-bond donors (Lipinski definition) is 1. The summed E-state index contributed by atoms with van der Waals surface area (Å²) in [6.45, 7) is 4.24. The molecule has 0 saturated heterocycles. The first-order valence-electron chi connectivity index (χ1n) is 6.75. The summed E-state index contributed by atoms with van der Waals surface area (Å²) in [5, 5.41) is 13.7. The average Bonchev–Trinajstić information content (AvgIpc) is 2.85.